The Morgan fingerprint density at radius 1 is 0.702 bits per heavy atom. The van der Waals surface area contributed by atoms with Crippen molar-refractivity contribution in [2.24, 2.45) is 0 Å². The molecule has 0 fully saturated rings. The van der Waals surface area contributed by atoms with Gasteiger partial charge in [-0.1, -0.05) is 6.42 Å². The average molecular weight is 692 g/mol. The molecule has 1 amide bonds. The van der Waals surface area contributed by atoms with Crippen LogP contribution < -0.4 is 5.32 Å². The molecule has 17 heteroatoms. The van der Waals surface area contributed by atoms with E-state index in [1.54, 1.807) is 0 Å². The lowest BCUT2D eigenvalue weighted by Gasteiger charge is -2.09. The van der Waals surface area contributed by atoms with Crippen LogP contribution in [0.5, 0.6) is 0 Å². The second-order valence-electron chi connectivity index (χ2n) is 9.72. The first kappa shape index (κ1) is 42.1. The number of hydrogen-bond donors (Lipinski definition) is 2. The number of aromatic nitrogens is 2. The molecule has 1 aromatic heterocycles. The van der Waals surface area contributed by atoms with Gasteiger partial charge in [-0.25, -0.2) is 23.2 Å². The van der Waals surface area contributed by atoms with Gasteiger partial charge in [0.2, 0.25) is 20.9 Å². The number of aliphatic carboxylic acids is 1. The van der Waals surface area contributed by atoms with Gasteiger partial charge in [0.15, 0.2) is 0 Å². The van der Waals surface area contributed by atoms with E-state index >= 15 is 0 Å². The number of amides is 1. The van der Waals surface area contributed by atoms with Gasteiger partial charge in [-0.2, -0.15) is 0 Å². The Balaban J connectivity index is 1.73. The van der Waals surface area contributed by atoms with Gasteiger partial charge in [0.25, 0.3) is 0 Å². The maximum absolute atomic E-state index is 11.9. The molecule has 47 heavy (non-hydrogen) atoms. The molecule has 0 saturated heterocycles. The topological polar surface area (TPSA) is 200 Å². The third-order valence-corrected chi connectivity index (χ3v) is 6.62. The number of hydrogen-bond acceptors (Lipinski definition) is 14. The van der Waals surface area contributed by atoms with E-state index in [1.807, 2.05) is 12.0 Å². The number of carboxylic acids is 1. The van der Waals surface area contributed by atoms with Crippen molar-refractivity contribution in [1.29, 1.82) is 0 Å². The van der Waals surface area contributed by atoms with E-state index in [2.05, 4.69) is 15.3 Å². The van der Waals surface area contributed by atoms with Crippen molar-refractivity contribution in [2.75, 3.05) is 112 Å². The Bertz CT molecular complexity index is 1110. The minimum absolute atomic E-state index is 0.0167. The Hall–Kier alpha value is -2.95. The molecule has 1 rings (SSSR count). The van der Waals surface area contributed by atoms with Gasteiger partial charge < -0.3 is 48.3 Å². The summed E-state index contributed by atoms with van der Waals surface area (Å²) in [5.41, 5.74) is 0.869. The fourth-order valence-electron chi connectivity index (χ4n) is 3.46. The van der Waals surface area contributed by atoms with Gasteiger partial charge in [-0.3, -0.25) is 4.79 Å². The van der Waals surface area contributed by atoms with E-state index in [0.717, 1.165) is 37.5 Å². The number of carbonyl (C=O) groups is 2. The van der Waals surface area contributed by atoms with E-state index in [4.69, 9.17) is 43.0 Å². The lowest BCUT2D eigenvalue weighted by Crippen LogP contribution is -2.27. The van der Waals surface area contributed by atoms with Crippen molar-refractivity contribution in [1.82, 2.24) is 15.3 Å². The van der Waals surface area contributed by atoms with Crippen molar-refractivity contribution < 1.29 is 61.0 Å². The largest absolute Gasteiger partial charge is 0.472 e. The van der Waals surface area contributed by atoms with Gasteiger partial charge in [0.05, 0.1) is 98.4 Å². The number of carbonyl (C=O) groups excluding carboxylic acids is 1. The monoisotopic (exact) mass is 691 g/mol. The predicted molar refractivity (Wildman–Crippen MR) is 167 cm³/mol. The highest BCUT2D eigenvalue weighted by atomic mass is 32.2. The van der Waals surface area contributed by atoms with Crippen LogP contribution in [-0.2, 0) is 63.7 Å². The Morgan fingerprint density at radius 3 is 1.60 bits per heavy atom. The first-order valence-corrected chi connectivity index (χ1v) is 17.4. The maximum atomic E-state index is 11.9. The summed E-state index contributed by atoms with van der Waals surface area (Å²) < 4.78 is 65.3. The molecule has 1 heterocycles. The zero-order chi connectivity index (χ0) is 34.3. The molecular formula is C30H49N3O13S. The molecule has 0 saturated carbocycles. The number of unbranched alkanes of at least 4 members (excludes halogenated alkanes) is 2. The number of aryl methyl sites for hydroxylation is 1. The van der Waals surface area contributed by atoms with Crippen LogP contribution in [0.3, 0.4) is 0 Å². The van der Waals surface area contributed by atoms with Gasteiger partial charge in [0, 0.05) is 31.6 Å². The van der Waals surface area contributed by atoms with Crippen LogP contribution in [0.2, 0.25) is 0 Å². The normalized spacial score (nSPS) is 11.2. The Morgan fingerprint density at radius 2 is 1.15 bits per heavy atom. The number of nitrogens with one attached hydrogen (secondary N) is 1. The van der Waals surface area contributed by atoms with Crippen LogP contribution in [0.4, 0.5) is 0 Å². The highest BCUT2D eigenvalue weighted by molar-refractivity contribution is 7.90. The zero-order valence-corrected chi connectivity index (χ0v) is 28.0. The molecule has 268 valence electrons. The number of ether oxygens (including phenoxy) is 8. The van der Waals surface area contributed by atoms with E-state index in [0.29, 0.717) is 105 Å². The first-order chi connectivity index (χ1) is 22.8. The molecule has 0 aliphatic carbocycles. The van der Waals surface area contributed by atoms with Crippen molar-refractivity contribution in [3.8, 4) is 12.0 Å². The van der Waals surface area contributed by atoms with E-state index in [-0.39, 0.29) is 17.7 Å². The van der Waals surface area contributed by atoms with E-state index in [9.17, 15) is 18.0 Å². The summed E-state index contributed by atoms with van der Waals surface area (Å²) in [6.45, 7) is 6.57. The zero-order valence-electron chi connectivity index (χ0n) is 27.2. The molecule has 0 unspecified atom stereocenters. The van der Waals surface area contributed by atoms with E-state index < -0.39 is 15.8 Å². The molecule has 1 aromatic rings. The molecule has 0 spiro atoms. The highest BCUT2D eigenvalue weighted by Gasteiger charge is 2.10. The molecule has 0 aromatic carbocycles. The molecule has 2 N–H and O–H groups in total. The summed E-state index contributed by atoms with van der Waals surface area (Å²) in [6.07, 6.45) is 9.84. The summed E-state index contributed by atoms with van der Waals surface area (Å²) in [5.74, 6) is 0.575. The first-order valence-electron chi connectivity index (χ1n) is 15.5. The number of nitrogens with zero attached hydrogens (tertiary/aromatic N) is 2. The Labute approximate surface area is 277 Å². The van der Waals surface area contributed by atoms with Crippen molar-refractivity contribution in [3.63, 3.8) is 0 Å². The van der Waals surface area contributed by atoms with Gasteiger partial charge >= 0.3 is 5.97 Å². The molecule has 0 atom stereocenters. The Kier molecular flexibility index (Phi) is 26.1. The summed E-state index contributed by atoms with van der Waals surface area (Å²) in [5, 5.41) is 11.0. The van der Waals surface area contributed by atoms with Crippen molar-refractivity contribution in [3.05, 3.63) is 18.0 Å². The van der Waals surface area contributed by atoms with Crippen LogP contribution in [0, 0.1) is 12.0 Å². The average Bonchev–Trinajstić information content (AvgIpc) is 3.04. The SMILES string of the molecule is CS(=O)(=O)c1ncc(CCCCCC(=O)NCCOCCOCCOCCOCCOCCOCCOCCOC#CC(=O)O)cn1. The maximum Gasteiger partial charge on any atom is 0.385 e. The van der Waals surface area contributed by atoms with Crippen LogP contribution in [0.25, 0.3) is 0 Å². The lowest BCUT2D eigenvalue weighted by molar-refractivity contribution is -0.130. The van der Waals surface area contributed by atoms with Crippen LogP contribution in [0.1, 0.15) is 31.2 Å². The van der Waals surface area contributed by atoms with Crippen molar-refractivity contribution >= 4 is 21.7 Å². The third kappa shape index (κ3) is 27.8. The number of rotatable bonds is 31. The second-order valence-corrected chi connectivity index (χ2v) is 11.6. The van der Waals surface area contributed by atoms with Crippen molar-refractivity contribution in [2.45, 2.75) is 37.3 Å². The summed E-state index contributed by atoms with van der Waals surface area (Å²) >= 11 is 0. The summed E-state index contributed by atoms with van der Waals surface area (Å²) in [6, 6.07) is 0. The molecule has 0 bridgehead atoms. The van der Waals surface area contributed by atoms with E-state index in [1.165, 1.54) is 12.4 Å². The van der Waals surface area contributed by atoms with Crippen LogP contribution in [-0.4, -0.2) is 147 Å². The molecule has 0 aliphatic rings. The molecule has 16 nitrogen and oxygen atoms in total. The number of carboxylic acid groups (broad SMARTS) is 1. The molecule has 0 aliphatic heterocycles. The third-order valence-electron chi connectivity index (χ3n) is 5.74. The molecule has 0 radical (unpaired) electrons. The quantitative estimate of drug-likeness (QED) is 0.0611. The van der Waals surface area contributed by atoms with Crippen LogP contribution in [0.15, 0.2) is 17.6 Å². The standard InChI is InChI=1S/C30H49N3O13S/c1-47(37,38)30-32-25-27(26-33-30)5-3-2-4-6-28(34)31-8-10-40-12-14-42-16-18-44-20-22-46-24-23-45-21-19-43-17-15-41-13-11-39-9-7-29(35)36/h25-26H,2-6,8,10-24H2,1H3,(H,31,34)(H,35,36). The molecular weight excluding hydrogens is 642 g/mol. The predicted octanol–water partition coefficient (Wildman–Crippen LogP) is 0.278. The lowest BCUT2D eigenvalue weighted by atomic mass is 10.1. The van der Waals surface area contributed by atoms with Crippen LogP contribution >= 0.6 is 0 Å². The van der Waals surface area contributed by atoms with Gasteiger partial charge in [0.1, 0.15) is 12.7 Å². The van der Waals surface area contributed by atoms with Gasteiger partial charge in [-0.15, -0.1) is 0 Å². The summed E-state index contributed by atoms with van der Waals surface area (Å²) in [4.78, 5) is 29.8. The van der Waals surface area contributed by atoms with Gasteiger partial charge in [-0.05, 0) is 24.8 Å². The highest BCUT2D eigenvalue weighted by Crippen LogP contribution is 2.08. The number of sulfone groups is 1. The minimum Gasteiger partial charge on any atom is -0.472 e. The fourth-order valence-corrected chi connectivity index (χ4v) is 3.95. The fraction of sp³-hybridized carbons (Fsp3) is 0.733. The minimum atomic E-state index is -3.39. The smallest absolute Gasteiger partial charge is 0.385 e. The summed E-state index contributed by atoms with van der Waals surface area (Å²) in [7, 11) is -3.39. The second kappa shape index (κ2) is 29.2.